The average molecular weight is 287 g/mol. The van der Waals surface area contributed by atoms with Crippen molar-refractivity contribution in [3.8, 4) is 5.69 Å². The first-order valence-corrected chi connectivity index (χ1v) is 7.27. The van der Waals surface area contributed by atoms with Crippen LogP contribution < -0.4 is 0 Å². The minimum atomic E-state index is -0.347. The van der Waals surface area contributed by atoms with E-state index in [1.807, 2.05) is 4.90 Å². The van der Waals surface area contributed by atoms with Crippen molar-refractivity contribution < 1.29 is 9.18 Å². The van der Waals surface area contributed by atoms with E-state index in [1.165, 1.54) is 17.2 Å². The van der Waals surface area contributed by atoms with Crippen molar-refractivity contribution in [2.75, 3.05) is 13.1 Å². The Bertz CT molecular complexity index is 659. The number of benzene rings is 1. The van der Waals surface area contributed by atoms with Crippen LogP contribution in [0.4, 0.5) is 4.39 Å². The second-order valence-electron chi connectivity index (χ2n) is 5.36. The lowest BCUT2D eigenvalue weighted by atomic mass is 10.1. The van der Waals surface area contributed by atoms with Gasteiger partial charge in [0, 0.05) is 13.1 Å². The van der Waals surface area contributed by atoms with Crippen LogP contribution in [-0.4, -0.2) is 33.7 Å². The van der Waals surface area contributed by atoms with Gasteiger partial charge in [0.2, 0.25) is 0 Å². The van der Waals surface area contributed by atoms with E-state index in [-0.39, 0.29) is 11.7 Å². The fourth-order valence-electron chi connectivity index (χ4n) is 2.75. The van der Waals surface area contributed by atoms with Crippen LogP contribution in [0.2, 0.25) is 0 Å². The van der Waals surface area contributed by atoms with Gasteiger partial charge in [-0.15, -0.1) is 0 Å². The van der Waals surface area contributed by atoms with E-state index in [0.717, 1.165) is 25.9 Å². The molecule has 1 saturated heterocycles. The van der Waals surface area contributed by atoms with Gasteiger partial charge in [-0.25, -0.2) is 9.07 Å². The predicted molar refractivity (Wildman–Crippen MR) is 78.0 cm³/mol. The molecule has 1 amide bonds. The molecule has 0 aliphatic carbocycles. The fraction of sp³-hybridized carbons (Fsp3) is 0.375. The van der Waals surface area contributed by atoms with Crippen LogP contribution in [0.3, 0.4) is 0 Å². The molecule has 0 unspecified atom stereocenters. The van der Waals surface area contributed by atoms with Gasteiger partial charge in [0.25, 0.3) is 5.91 Å². The number of piperidine rings is 1. The van der Waals surface area contributed by atoms with E-state index in [0.29, 0.717) is 16.9 Å². The molecule has 0 atom stereocenters. The molecule has 21 heavy (non-hydrogen) atoms. The zero-order chi connectivity index (χ0) is 14.8. The minimum Gasteiger partial charge on any atom is -0.339 e. The molecule has 1 aromatic carbocycles. The number of likely N-dealkylation sites (tertiary alicyclic amines) is 1. The molecule has 0 N–H and O–H groups in total. The third kappa shape index (κ3) is 2.55. The second-order valence-corrected chi connectivity index (χ2v) is 5.36. The summed E-state index contributed by atoms with van der Waals surface area (Å²) in [5.41, 5.74) is 1.60. The standard InChI is InChI=1S/C16H18FN3O/c1-12-13(16(21)19-9-5-2-6-10-19)11-18-20(12)15-8-4-3-7-14(15)17/h3-4,7-8,11H,2,5-6,9-10H2,1H3. The summed E-state index contributed by atoms with van der Waals surface area (Å²) in [6, 6.07) is 6.44. The molecule has 5 heteroatoms. The van der Waals surface area contributed by atoms with Crippen molar-refractivity contribution >= 4 is 5.91 Å². The van der Waals surface area contributed by atoms with Crippen LogP contribution in [0.15, 0.2) is 30.5 Å². The zero-order valence-corrected chi connectivity index (χ0v) is 12.1. The largest absolute Gasteiger partial charge is 0.339 e. The molecule has 4 nitrogen and oxygen atoms in total. The SMILES string of the molecule is Cc1c(C(=O)N2CCCCC2)cnn1-c1ccccc1F. The lowest BCUT2D eigenvalue weighted by Gasteiger charge is -2.26. The molecule has 1 aliphatic rings. The summed E-state index contributed by atoms with van der Waals surface area (Å²) in [6.07, 6.45) is 4.81. The third-order valence-corrected chi connectivity index (χ3v) is 3.96. The summed E-state index contributed by atoms with van der Waals surface area (Å²) in [5.74, 6) is -0.351. The number of halogens is 1. The molecule has 2 heterocycles. The predicted octanol–water partition coefficient (Wildman–Crippen LogP) is 2.95. The molecule has 1 aromatic heterocycles. The number of carbonyl (C=O) groups is 1. The van der Waals surface area contributed by atoms with E-state index in [2.05, 4.69) is 5.10 Å². The van der Waals surface area contributed by atoms with Crippen LogP contribution in [0.1, 0.15) is 35.3 Å². The minimum absolute atomic E-state index is 0.00482. The summed E-state index contributed by atoms with van der Waals surface area (Å²) >= 11 is 0. The number of rotatable bonds is 2. The van der Waals surface area contributed by atoms with E-state index in [9.17, 15) is 9.18 Å². The van der Waals surface area contributed by atoms with Crippen molar-refractivity contribution in [3.63, 3.8) is 0 Å². The Labute approximate surface area is 123 Å². The van der Waals surface area contributed by atoms with Crippen LogP contribution in [-0.2, 0) is 0 Å². The quantitative estimate of drug-likeness (QED) is 0.851. The smallest absolute Gasteiger partial charge is 0.257 e. The first-order chi connectivity index (χ1) is 10.2. The molecule has 0 bridgehead atoms. The highest BCUT2D eigenvalue weighted by Gasteiger charge is 2.23. The second kappa shape index (κ2) is 5.68. The molecular formula is C16H18FN3O. The number of hydrogen-bond acceptors (Lipinski definition) is 2. The highest BCUT2D eigenvalue weighted by molar-refractivity contribution is 5.95. The fourth-order valence-corrected chi connectivity index (χ4v) is 2.75. The van der Waals surface area contributed by atoms with Gasteiger partial charge in [0.15, 0.2) is 0 Å². The van der Waals surface area contributed by atoms with Crippen molar-refractivity contribution in [1.29, 1.82) is 0 Å². The Hall–Kier alpha value is -2.17. The van der Waals surface area contributed by atoms with Gasteiger partial charge in [0.1, 0.15) is 11.5 Å². The molecule has 2 aromatic rings. The van der Waals surface area contributed by atoms with Crippen molar-refractivity contribution in [1.82, 2.24) is 14.7 Å². The maximum atomic E-state index is 13.9. The molecule has 0 radical (unpaired) electrons. The van der Waals surface area contributed by atoms with Crippen LogP contribution in [0.5, 0.6) is 0 Å². The Kier molecular flexibility index (Phi) is 3.73. The van der Waals surface area contributed by atoms with Crippen molar-refractivity contribution in [2.24, 2.45) is 0 Å². The van der Waals surface area contributed by atoms with E-state index in [1.54, 1.807) is 31.3 Å². The normalized spacial score (nSPS) is 15.2. The Morgan fingerprint density at radius 1 is 1.19 bits per heavy atom. The number of carbonyl (C=O) groups excluding carboxylic acids is 1. The molecule has 0 saturated carbocycles. The van der Waals surface area contributed by atoms with Gasteiger partial charge >= 0.3 is 0 Å². The van der Waals surface area contributed by atoms with E-state index in [4.69, 9.17) is 0 Å². The Balaban J connectivity index is 1.92. The van der Waals surface area contributed by atoms with Crippen LogP contribution >= 0.6 is 0 Å². The topological polar surface area (TPSA) is 38.1 Å². The first kappa shape index (κ1) is 13.8. The Morgan fingerprint density at radius 3 is 2.62 bits per heavy atom. The van der Waals surface area contributed by atoms with Gasteiger partial charge in [-0.1, -0.05) is 12.1 Å². The highest BCUT2D eigenvalue weighted by Crippen LogP contribution is 2.19. The monoisotopic (exact) mass is 287 g/mol. The molecule has 1 fully saturated rings. The van der Waals surface area contributed by atoms with Gasteiger partial charge in [-0.2, -0.15) is 5.10 Å². The Morgan fingerprint density at radius 2 is 1.90 bits per heavy atom. The maximum absolute atomic E-state index is 13.9. The maximum Gasteiger partial charge on any atom is 0.257 e. The molecule has 0 spiro atoms. The molecule has 3 rings (SSSR count). The van der Waals surface area contributed by atoms with Crippen molar-refractivity contribution in [2.45, 2.75) is 26.2 Å². The van der Waals surface area contributed by atoms with Crippen LogP contribution in [0.25, 0.3) is 5.69 Å². The first-order valence-electron chi connectivity index (χ1n) is 7.27. The average Bonchev–Trinajstić information content (AvgIpc) is 2.89. The lowest BCUT2D eigenvalue weighted by molar-refractivity contribution is 0.0723. The number of aromatic nitrogens is 2. The van der Waals surface area contributed by atoms with E-state index >= 15 is 0 Å². The van der Waals surface area contributed by atoms with Gasteiger partial charge < -0.3 is 4.90 Å². The highest BCUT2D eigenvalue weighted by atomic mass is 19.1. The summed E-state index contributed by atoms with van der Waals surface area (Å²) in [5, 5.41) is 4.19. The molecule has 110 valence electrons. The lowest BCUT2D eigenvalue weighted by Crippen LogP contribution is -2.35. The number of hydrogen-bond donors (Lipinski definition) is 0. The van der Waals surface area contributed by atoms with E-state index < -0.39 is 0 Å². The summed E-state index contributed by atoms with van der Waals surface area (Å²) < 4.78 is 15.4. The summed E-state index contributed by atoms with van der Waals surface area (Å²) in [7, 11) is 0. The van der Waals surface area contributed by atoms with Gasteiger partial charge in [-0.3, -0.25) is 4.79 Å². The van der Waals surface area contributed by atoms with Crippen LogP contribution in [0, 0.1) is 12.7 Å². The molecular weight excluding hydrogens is 269 g/mol. The van der Waals surface area contributed by atoms with Gasteiger partial charge in [-0.05, 0) is 38.3 Å². The third-order valence-electron chi connectivity index (χ3n) is 3.96. The molecule has 1 aliphatic heterocycles. The zero-order valence-electron chi connectivity index (χ0n) is 12.1. The summed E-state index contributed by atoms with van der Waals surface area (Å²) in [6.45, 7) is 3.39. The summed E-state index contributed by atoms with van der Waals surface area (Å²) in [4.78, 5) is 14.4. The van der Waals surface area contributed by atoms with Crippen molar-refractivity contribution in [3.05, 3.63) is 47.5 Å². The number of para-hydroxylation sites is 1. The number of nitrogens with zero attached hydrogens (tertiary/aromatic N) is 3. The number of amides is 1. The van der Waals surface area contributed by atoms with Gasteiger partial charge in [0.05, 0.1) is 17.5 Å².